The van der Waals surface area contributed by atoms with Crippen LogP contribution in [0.1, 0.15) is 26.3 Å². The van der Waals surface area contributed by atoms with Gasteiger partial charge in [0.15, 0.2) is 0 Å². The van der Waals surface area contributed by atoms with Crippen molar-refractivity contribution in [2.45, 2.75) is 38.5 Å². The third-order valence-electron chi connectivity index (χ3n) is 3.51. The fourth-order valence-corrected chi connectivity index (χ4v) is 2.45. The molecule has 24 heavy (non-hydrogen) atoms. The number of aromatic nitrogens is 2. The van der Waals surface area contributed by atoms with Crippen molar-refractivity contribution < 1.29 is 28.2 Å². The molecule has 0 saturated carbocycles. The van der Waals surface area contributed by atoms with E-state index >= 15 is 0 Å². The lowest BCUT2D eigenvalue weighted by Crippen LogP contribution is -2.47. The highest BCUT2D eigenvalue weighted by Gasteiger charge is 2.35. The van der Waals surface area contributed by atoms with Crippen LogP contribution in [-0.2, 0) is 23.8 Å². The first-order valence-electron chi connectivity index (χ1n) is 7.21. The minimum Gasteiger partial charge on any atom is -0.463 e. The van der Waals surface area contributed by atoms with Gasteiger partial charge in [0.25, 0.3) is 5.56 Å². The van der Waals surface area contributed by atoms with E-state index in [0.717, 1.165) is 10.8 Å². The lowest BCUT2D eigenvalue weighted by atomic mass is 10.0. The molecule has 0 unspecified atom stereocenters. The number of nitrogens with zero attached hydrogens (tertiary/aromatic N) is 1. The van der Waals surface area contributed by atoms with Crippen LogP contribution >= 0.6 is 0 Å². The second kappa shape index (κ2) is 7.39. The number of nitrogens with one attached hydrogen (secondary N) is 1. The molecule has 0 bridgehead atoms. The summed E-state index contributed by atoms with van der Waals surface area (Å²) in [5.41, 5.74) is -1.91. The van der Waals surface area contributed by atoms with Crippen molar-refractivity contribution in [3.05, 3.63) is 32.9 Å². The molecule has 0 amide bonds. The number of aromatic amines is 1. The number of hydrogen-bond donors (Lipinski definition) is 1. The van der Waals surface area contributed by atoms with E-state index in [4.69, 9.17) is 14.2 Å². The second-order valence-corrected chi connectivity index (χ2v) is 5.36. The summed E-state index contributed by atoms with van der Waals surface area (Å²) in [5, 5.41) is 0. The Labute approximate surface area is 135 Å². The van der Waals surface area contributed by atoms with Crippen molar-refractivity contribution in [3.63, 3.8) is 0 Å². The van der Waals surface area contributed by atoms with Crippen LogP contribution in [-0.4, -0.2) is 46.9 Å². The minimum absolute atomic E-state index is 0.00487. The fourth-order valence-electron chi connectivity index (χ4n) is 2.45. The van der Waals surface area contributed by atoms with Crippen LogP contribution in [0.15, 0.2) is 15.8 Å². The molecule has 10 heteroatoms. The Balaban J connectivity index is 2.20. The van der Waals surface area contributed by atoms with Gasteiger partial charge in [-0.1, -0.05) is 0 Å². The number of esters is 2. The Hall–Kier alpha value is -2.49. The molecule has 2 heterocycles. The zero-order chi connectivity index (χ0) is 17.9. The van der Waals surface area contributed by atoms with Crippen molar-refractivity contribution in [3.8, 4) is 0 Å². The van der Waals surface area contributed by atoms with Crippen LogP contribution in [0.3, 0.4) is 0 Å². The van der Waals surface area contributed by atoms with Crippen LogP contribution in [0, 0.1) is 5.82 Å². The zero-order valence-electron chi connectivity index (χ0n) is 13.1. The third-order valence-corrected chi connectivity index (χ3v) is 3.51. The predicted molar refractivity (Wildman–Crippen MR) is 76.9 cm³/mol. The van der Waals surface area contributed by atoms with Gasteiger partial charge in [-0.15, -0.1) is 0 Å². The van der Waals surface area contributed by atoms with E-state index in [1.54, 1.807) is 0 Å². The summed E-state index contributed by atoms with van der Waals surface area (Å²) >= 11 is 0. The molecule has 0 aliphatic carbocycles. The number of carbonyl (C=O) groups excluding carboxylic acids is 2. The zero-order valence-corrected chi connectivity index (χ0v) is 13.1. The number of rotatable bonds is 4. The minimum atomic E-state index is -1.11. The normalized spacial score (nSPS) is 23.5. The molecule has 1 fully saturated rings. The van der Waals surface area contributed by atoms with Crippen molar-refractivity contribution in [2.24, 2.45) is 0 Å². The Morgan fingerprint density at radius 1 is 1.38 bits per heavy atom. The van der Waals surface area contributed by atoms with Gasteiger partial charge in [-0.05, 0) is 0 Å². The number of halogens is 1. The Kier molecular flexibility index (Phi) is 5.50. The van der Waals surface area contributed by atoms with E-state index in [1.165, 1.54) is 13.8 Å². The van der Waals surface area contributed by atoms with Crippen LogP contribution in [0.2, 0.25) is 0 Å². The molecule has 1 aromatic rings. The number of H-pyrrole nitrogens is 1. The highest BCUT2D eigenvalue weighted by atomic mass is 19.1. The van der Waals surface area contributed by atoms with E-state index in [-0.39, 0.29) is 19.6 Å². The maximum Gasteiger partial charge on any atom is 0.328 e. The van der Waals surface area contributed by atoms with E-state index < -0.39 is 47.3 Å². The SMILES string of the molecule is CC(=O)OC[C@H]1OC[C@@H](n2cc(F)c(=O)[nH]c2=O)C[C@@H]1OC(C)=O. The topological polar surface area (TPSA) is 117 Å². The van der Waals surface area contributed by atoms with Crippen molar-refractivity contribution in [1.29, 1.82) is 0 Å². The Bertz CT molecular complexity index is 741. The van der Waals surface area contributed by atoms with Crippen molar-refractivity contribution in [2.75, 3.05) is 13.2 Å². The molecular weight excluding hydrogens is 327 g/mol. The average Bonchev–Trinajstić information content (AvgIpc) is 2.49. The standard InChI is InChI=1S/C14H17FN2O7/c1-7(18)22-6-12-11(24-8(2)19)3-9(5-23-12)17-4-10(15)13(20)16-14(17)21/h4,9,11-12H,3,5-6H2,1-2H3,(H,16,20,21)/t9-,11-,12+/m0/s1. The summed E-state index contributed by atoms with van der Waals surface area (Å²) in [5.74, 6) is -2.20. The smallest absolute Gasteiger partial charge is 0.328 e. The van der Waals surface area contributed by atoms with E-state index in [2.05, 4.69) is 0 Å². The van der Waals surface area contributed by atoms with Crippen LogP contribution in [0.25, 0.3) is 0 Å². The largest absolute Gasteiger partial charge is 0.463 e. The maximum absolute atomic E-state index is 13.4. The summed E-state index contributed by atoms with van der Waals surface area (Å²) in [6, 6.07) is -0.651. The molecule has 3 atom stereocenters. The summed E-state index contributed by atoms with van der Waals surface area (Å²) in [6.45, 7) is 2.32. The lowest BCUT2D eigenvalue weighted by molar-refractivity contribution is -0.174. The van der Waals surface area contributed by atoms with Gasteiger partial charge in [0.1, 0.15) is 18.8 Å². The van der Waals surface area contributed by atoms with Gasteiger partial charge in [-0.25, -0.2) is 4.79 Å². The molecule has 1 saturated heterocycles. The summed E-state index contributed by atoms with van der Waals surface area (Å²) in [7, 11) is 0. The van der Waals surface area contributed by atoms with Crippen LogP contribution in [0.4, 0.5) is 4.39 Å². The van der Waals surface area contributed by atoms with Gasteiger partial charge in [-0.3, -0.25) is 23.9 Å². The van der Waals surface area contributed by atoms with Gasteiger partial charge in [-0.2, -0.15) is 4.39 Å². The molecular formula is C14H17FN2O7. The first kappa shape index (κ1) is 17.9. The molecule has 0 radical (unpaired) electrons. The van der Waals surface area contributed by atoms with E-state index in [0.29, 0.717) is 0 Å². The van der Waals surface area contributed by atoms with Crippen LogP contribution < -0.4 is 11.2 Å². The average molecular weight is 344 g/mol. The van der Waals surface area contributed by atoms with Crippen molar-refractivity contribution >= 4 is 11.9 Å². The molecule has 0 aromatic carbocycles. The Morgan fingerprint density at radius 3 is 2.71 bits per heavy atom. The first-order chi connectivity index (χ1) is 11.3. The molecule has 9 nitrogen and oxygen atoms in total. The summed E-state index contributed by atoms with van der Waals surface area (Å²) < 4.78 is 29.9. The van der Waals surface area contributed by atoms with Crippen molar-refractivity contribution in [1.82, 2.24) is 9.55 Å². The summed E-state index contributed by atoms with van der Waals surface area (Å²) in [6.07, 6.45) is -0.566. The molecule has 1 N–H and O–H groups in total. The first-order valence-corrected chi connectivity index (χ1v) is 7.21. The monoisotopic (exact) mass is 344 g/mol. The van der Waals surface area contributed by atoms with Gasteiger partial charge in [0.05, 0.1) is 18.8 Å². The molecule has 1 aliphatic rings. The Morgan fingerprint density at radius 2 is 2.08 bits per heavy atom. The predicted octanol–water partition coefficient (Wildman–Crippen LogP) is -0.500. The second-order valence-electron chi connectivity index (χ2n) is 5.36. The molecule has 0 spiro atoms. The van der Waals surface area contributed by atoms with Crippen LogP contribution in [0.5, 0.6) is 0 Å². The number of hydrogen-bond acceptors (Lipinski definition) is 7. The lowest BCUT2D eigenvalue weighted by Gasteiger charge is -2.35. The number of carbonyl (C=O) groups is 2. The van der Waals surface area contributed by atoms with Gasteiger partial charge in [0.2, 0.25) is 5.82 Å². The molecule has 2 rings (SSSR count). The van der Waals surface area contributed by atoms with Gasteiger partial charge >= 0.3 is 17.6 Å². The highest BCUT2D eigenvalue weighted by Crippen LogP contribution is 2.25. The number of ether oxygens (including phenoxy) is 3. The van der Waals surface area contributed by atoms with E-state index in [9.17, 15) is 23.6 Å². The quantitative estimate of drug-likeness (QED) is 0.732. The fraction of sp³-hybridized carbons (Fsp3) is 0.571. The van der Waals surface area contributed by atoms with Gasteiger partial charge < -0.3 is 14.2 Å². The third kappa shape index (κ3) is 4.28. The maximum atomic E-state index is 13.4. The highest BCUT2D eigenvalue weighted by molar-refractivity contribution is 5.66. The molecule has 1 aliphatic heterocycles. The summed E-state index contributed by atoms with van der Waals surface area (Å²) in [4.78, 5) is 46.9. The van der Waals surface area contributed by atoms with E-state index in [1.807, 2.05) is 4.98 Å². The molecule has 132 valence electrons. The van der Waals surface area contributed by atoms with Gasteiger partial charge in [0, 0.05) is 20.3 Å². The molecule has 1 aromatic heterocycles.